The Balaban J connectivity index is 2.03. The van der Waals surface area contributed by atoms with E-state index in [9.17, 15) is 4.79 Å². The lowest BCUT2D eigenvalue weighted by molar-refractivity contribution is -0.150. The van der Waals surface area contributed by atoms with E-state index < -0.39 is 0 Å². The van der Waals surface area contributed by atoms with Gasteiger partial charge in [-0.05, 0) is 50.9 Å². The van der Waals surface area contributed by atoms with Gasteiger partial charge in [-0.15, -0.1) is 0 Å². The summed E-state index contributed by atoms with van der Waals surface area (Å²) in [5.74, 6) is 1.04. The Hall–Kier alpha value is -0.570. The minimum atomic E-state index is 0.0316. The number of ether oxygens (including phenoxy) is 1. The van der Waals surface area contributed by atoms with Crippen molar-refractivity contribution in [1.29, 1.82) is 0 Å². The van der Waals surface area contributed by atoms with Crippen molar-refractivity contribution in [3.8, 4) is 0 Å². The van der Waals surface area contributed by atoms with Crippen LogP contribution in [0.15, 0.2) is 0 Å². The number of esters is 1. The summed E-state index contributed by atoms with van der Waals surface area (Å²) in [5, 5.41) is 8.69. The first-order valence-electron chi connectivity index (χ1n) is 9.05. The van der Waals surface area contributed by atoms with E-state index in [0.717, 1.165) is 44.4 Å². The zero-order valence-electron chi connectivity index (χ0n) is 13.8. The molecule has 0 atom stereocenters. The Labute approximate surface area is 130 Å². The van der Waals surface area contributed by atoms with Gasteiger partial charge in [0.2, 0.25) is 0 Å². The minimum absolute atomic E-state index is 0.0316. The van der Waals surface area contributed by atoms with Gasteiger partial charge in [-0.1, -0.05) is 39.0 Å². The van der Waals surface area contributed by atoms with E-state index in [1.165, 1.54) is 38.5 Å². The van der Waals surface area contributed by atoms with Gasteiger partial charge in [0.1, 0.15) is 0 Å². The minimum Gasteiger partial charge on any atom is -0.465 e. The maximum atomic E-state index is 12.0. The van der Waals surface area contributed by atoms with Crippen LogP contribution >= 0.6 is 0 Å². The topological polar surface area (TPSA) is 46.5 Å². The molecule has 0 aromatic carbocycles. The molecule has 1 fully saturated rings. The van der Waals surface area contributed by atoms with Crippen molar-refractivity contribution < 1.29 is 14.6 Å². The lowest BCUT2D eigenvalue weighted by Gasteiger charge is -2.27. The molecule has 1 aliphatic rings. The average Bonchev–Trinajstić information content (AvgIpc) is 2.51. The Morgan fingerprint density at radius 3 is 2.38 bits per heavy atom. The molecule has 1 rings (SSSR count). The van der Waals surface area contributed by atoms with Crippen LogP contribution in [0.4, 0.5) is 0 Å². The molecule has 124 valence electrons. The van der Waals surface area contributed by atoms with E-state index in [4.69, 9.17) is 9.84 Å². The molecule has 0 aliphatic heterocycles. The second-order valence-electron chi connectivity index (χ2n) is 6.52. The normalized spacial score (nSPS) is 22.2. The predicted molar refractivity (Wildman–Crippen MR) is 86.1 cm³/mol. The lowest BCUT2D eigenvalue weighted by Crippen LogP contribution is -2.24. The summed E-state index contributed by atoms with van der Waals surface area (Å²) in [5.41, 5.74) is 0. The third-order valence-corrected chi connectivity index (χ3v) is 4.69. The van der Waals surface area contributed by atoms with Gasteiger partial charge in [0.05, 0.1) is 12.5 Å². The highest BCUT2D eigenvalue weighted by atomic mass is 16.5. The molecule has 0 radical (unpaired) electrons. The number of hydrogen-bond acceptors (Lipinski definition) is 3. The Morgan fingerprint density at radius 1 is 1.00 bits per heavy atom. The number of hydrogen-bond donors (Lipinski definition) is 1. The van der Waals surface area contributed by atoms with Crippen LogP contribution in [0.1, 0.15) is 84.0 Å². The first-order chi connectivity index (χ1) is 10.3. The molecule has 1 N–H and O–H groups in total. The largest absolute Gasteiger partial charge is 0.465 e. The van der Waals surface area contributed by atoms with E-state index in [2.05, 4.69) is 6.92 Å². The van der Waals surface area contributed by atoms with E-state index in [-0.39, 0.29) is 18.5 Å². The van der Waals surface area contributed by atoms with Gasteiger partial charge in [-0.3, -0.25) is 4.79 Å². The van der Waals surface area contributed by atoms with Gasteiger partial charge in [0, 0.05) is 6.61 Å². The van der Waals surface area contributed by atoms with Gasteiger partial charge in [0.15, 0.2) is 0 Å². The number of rotatable bonds is 11. The summed E-state index contributed by atoms with van der Waals surface area (Å²) < 4.78 is 5.39. The first kappa shape index (κ1) is 18.5. The smallest absolute Gasteiger partial charge is 0.308 e. The molecule has 1 aliphatic carbocycles. The third kappa shape index (κ3) is 8.45. The van der Waals surface area contributed by atoms with Crippen LogP contribution < -0.4 is 0 Å². The van der Waals surface area contributed by atoms with Crippen molar-refractivity contribution in [2.24, 2.45) is 11.8 Å². The fourth-order valence-corrected chi connectivity index (χ4v) is 3.23. The van der Waals surface area contributed by atoms with E-state index in [1.54, 1.807) is 0 Å². The van der Waals surface area contributed by atoms with Crippen molar-refractivity contribution in [3.63, 3.8) is 0 Å². The Morgan fingerprint density at radius 2 is 1.71 bits per heavy atom. The van der Waals surface area contributed by atoms with Crippen molar-refractivity contribution in [2.45, 2.75) is 84.0 Å². The van der Waals surface area contributed by atoms with E-state index in [0.29, 0.717) is 6.61 Å². The quantitative estimate of drug-likeness (QED) is 0.452. The van der Waals surface area contributed by atoms with Crippen molar-refractivity contribution >= 4 is 5.97 Å². The molecule has 3 heteroatoms. The summed E-state index contributed by atoms with van der Waals surface area (Å²) in [6.45, 7) is 3.07. The number of carbonyl (C=O) groups excluding carboxylic acids is 1. The highest BCUT2D eigenvalue weighted by Crippen LogP contribution is 2.32. The molecule has 0 aromatic heterocycles. The van der Waals surface area contributed by atoms with Crippen LogP contribution in [0, 0.1) is 11.8 Å². The maximum Gasteiger partial charge on any atom is 0.308 e. The SMILES string of the molecule is CCCCCC1CCC(C(=O)OCCCCCCO)CC1. The molecule has 0 unspecified atom stereocenters. The highest BCUT2D eigenvalue weighted by molar-refractivity contribution is 5.72. The van der Waals surface area contributed by atoms with Crippen LogP contribution in [0.2, 0.25) is 0 Å². The summed E-state index contributed by atoms with van der Waals surface area (Å²) in [6, 6.07) is 0. The zero-order chi connectivity index (χ0) is 15.3. The fraction of sp³-hybridized carbons (Fsp3) is 0.944. The molecular formula is C18H34O3. The summed E-state index contributed by atoms with van der Waals surface area (Å²) in [7, 11) is 0. The Bertz CT molecular complexity index is 257. The molecule has 0 heterocycles. The third-order valence-electron chi connectivity index (χ3n) is 4.69. The van der Waals surface area contributed by atoms with Crippen molar-refractivity contribution in [1.82, 2.24) is 0 Å². The van der Waals surface area contributed by atoms with Gasteiger partial charge < -0.3 is 9.84 Å². The molecule has 0 amide bonds. The van der Waals surface area contributed by atoms with Crippen molar-refractivity contribution in [2.75, 3.05) is 13.2 Å². The average molecular weight is 298 g/mol. The van der Waals surface area contributed by atoms with Gasteiger partial charge in [-0.25, -0.2) is 0 Å². The molecule has 0 saturated heterocycles. The van der Waals surface area contributed by atoms with E-state index >= 15 is 0 Å². The molecular weight excluding hydrogens is 264 g/mol. The number of unbranched alkanes of at least 4 members (excludes halogenated alkanes) is 5. The number of carbonyl (C=O) groups is 1. The first-order valence-corrected chi connectivity index (χ1v) is 9.05. The van der Waals surface area contributed by atoms with Crippen LogP contribution in [0.3, 0.4) is 0 Å². The fourth-order valence-electron chi connectivity index (χ4n) is 3.23. The molecule has 1 saturated carbocycles. The molecule has 0 spiro atoms. The maximum absolute atomic E-state index is 12.0. The van der Waals surface area contributed by atoms with Gasteiger partial charge >= 0.3 is 5.97 Å². The zero-order valence-corrected chi connectivity index (χ0v) is 13.8. The molecule has 21 heavy (non-hydrogen) atoms. The number of aliphatic hydroxyl groups is 1. The standard InChI is InChI=1S/C18H34O3/c1-2-3-6-9-16-10-12-17(13-11-16)18(20)21-15-8-5-4-7-14-19/h16-17,19H,2-15H2,1H3. The Kier molecular flexibility index (Phi) is 10.6. The van der Waals surface area contributed by atoms with Gasteiger partial charge in [0.25, 0.3) is 0 Å². The van der Waals surface area contributed by atoms with Gasteiger partial charge in [-0.2, -0.15) is 0 Å². The highest BCUT2D eigenvalue weighted by Gasteiger charge is 2.26. The molecule has 0 bridgehead atoms. The van der Waals surface area contributed by atoms with Crippen LogP contribution in [-0.4, -0.2) is 24.3 Å². The van der Waals surface area contributed by atoms with Crippen LogP contribution in [0.5, 0.6) is 0 Å². The summed E-state index contributed by atoms with van der Waals surface area (Å²) >= 11 is 0. The second-order valence-corrected chi connectivity index (χ2v) is 6.52. The van der Waals surface area contributed by atoms with E-state index in [1.807, 2.05) is 0 Å². The lowest BCUT2D eigenvalue weighted by atomic mass is 9.80. The predicted octanol–water partition coefficient (Wildman–Crippen LogP) is 4.47. The van der Waals surface area contributed by atoms with Crippen molar-refractivity contribution in [3.05, 3.63) is 0 Å². The molecule has 3 nitrogen and oxygen atoms in total. The monoisotopic (exact) mass is 298 g/mol. The number of aliphatic hydroxyl groups excluding tert-OH is 1. The summed E-state index contributed by atoms with van der Waals surface area (Å²) in [6.07, 6.45) is 13.7. The summed E-state index contributed by atoms with van der Waals surface area (Å²) in [4.78, 5) is 12.0. The second kappa shape index (κ2) is 12.0. The molecule has 0 aromatic rings. The van der Waals surface area contributed by atoms with Crippen LogP contribution in [0.25, 0.3) is 0 Å². The van der Waals surface area contributed by atoms with Crippen LogP contribution in [-0.2, 0) is 9.53 Å².